The Balaban J connectivity index is 3.27. The molecular formula is C7H7BrFIN2. The fraction of sp³-hybridized carbons (Fsp3) is 0.286. The molecule has 1 rings (SSSR count). The molecule has 0 saturated heterocycles. The molecule has 66 valence electrons. The van der Waals surface area contributed by atoms with Crippen LogP contribution in [0.2, 0.25) is 0 Å². The summed E-state index contributed by atoms with van der Waals surface area (Å²) in [6.45, 7) is 0. The summed E-state index contributed by atoms with van der Waals surface area (Å²) in [7, 11) is 3.52. The van der Waals surface area contributed by atoms with Crippen molar-refractivity contribution in [2.45, 2.75) is 0 Å². The average molecular weight is 345 g/mol. The number of aromatic nitrogens is 1. The minimum absolute atomic E-state index is 0.282. The van der Waals surface area contributed by atoms with Gasteiger partial charge in [-0.1, -0.05) is 0 Å². The second kappa shape index (κ2) is 3.87. The van der Waals surface area contributed by atoms with Crippen molar-refractivity contribution in [1.82, 2.24) is 4.98 Å². The summed E-state index contributed by atoms with van der Waals surface area (Å²) in [5, 5.41) is 0. The minimum atomic E-state index is -0.282. The highest BCUT2D eigenvalue weighted by molar-refractivity contribution is 14.1. The van der Waals surface area contributed by atoms with E-state index in [1.54, 1.807) is 25.2 Å². The molecule has 0 unspecified atom stereocenters. The maximum absolute atomic E-state index is 13.4. The zero-order valence-corrected chi connectivity index (χ0v) is 10.3. The Morgan fingerprint density at radius 3 is 2.67 bits per heavy atom. The molecule has 0 N–H and O–H groups in total. The molecule has 0 aliphatic rings. The molecule has 5 heteroatoms. The standard InChI is InChI=1S/C7H7BrFIN2/c1-12(2)7-5(9)6(10)4(8)3-11-7/h3H,1-2H3. The van der Waals surface area contributed by atoms with Crippen LogP contribution in [-0.2, 0) is 0 Å². The first-order valence-corrected chi connectivity index (χ1v) is 5.08. The van der Waals surface area contributed by atoms with Gasteiger partial charge in [0.1, 0.15) is 0 Å². The Kier molecular flexibility index (Phi) is 3.28. The molecule has 0 aliphatic carbocycles. The average Bonchev–Trinajstić information content (AvgIpc) is 2.00. The van der Waals surface area contributed by atoms with Gasteiger partial charge in [0.2, 0.25) is 0 Å². The van der Waals surface area contributed by atoms with Gasteiger partial charge in [0.25, 0.3) is 0 Å². The predicted molar refractivity (Wildman–Crippen MR) is 58.9 cm³/mol. The van der Waals surface area contributed by atoms with Crippen molar-refractivity contribution in [3.05, 3.63) is 20.1 Å². The highest BCUT2D eigenvalue weighted by atomic mass is 127. The molecule has 1 aromatic heterocycles. The second-order valence-electron chi connectivity index (χ2n) is 2.45. The smallest absolute Gasteiger partial charge is 0.180 e. The Hall–Kier alpha value is 0.0900. The summed E-state index contributed by atoms with van der Waals surface area (Å²) >= 11 is 5.14. The lowest BCUT2D eigenvalue weighted by Crippen LogP contribution is -2.13. The van der Waals surface area contributed by atoms with E-state index in [-0.39, 0.29) is 5.82 Å². The van der Waals surface area contributed by atoms with Crippen LogP contribution in [0.4, 0.5) is 10.2 Å². The van der Waals surface area contributed by atoms with Crippen molar-refractivity contribution in [3.63, 3.8) is 0 Å². The maximum atomic E-state index is 13.4. The van der Waals surface area contributed by atoms with E-state index in [0.717, 1.165) is 0 Å². The molecule has 2 nitrogen and oxygen atoms in total. The van der Waals surface area contributed by atoms with Gasteiger partial charge in [-0.3, -0.25) is 0 Å². The van der Waals surface area contributed by atoms with Crippen LogP contribution in [0.5, 0.6) is 0 Å². The zero-order valence-electron chi connectivity index (χ0n) is 6.61. The van der Waals surface area contributed by atoms with Gasteiger partial charge in [-0.2, -0.15) is 0 Å². The Morgan fingerprint density at radius 1 is 1.58 bits per heavy atom. The highest BCUT2D eigenvalue weighted by Crippen LogP contribution is 2.25. The third kappa shape index (κ3) is 1.87. The lowest BCUT2D eigenvalue weighted by atomic mass is 10.4. The number of halogens is 3. The van der Waals surface area contributed by atoms with E-state index in [1.165, 1.54) is 0 Å². The van der Waals surface area contributed by atoms with E-state index in [9.17, 15) is 4.39 Å². The molecular weight excluding hydrogens is 338 g/mol. The molecule has 0 atom stereocenters. The van der Waals surface area contributed by atoms with Gasteiger partial charge in [0.05, 0.1) is 8.04 Å². The molecule has 12 heavy (non-hydrogen) atoms. The van der Waals surface area contributed by atoms with Crippen LogP contribution in [-0.4, -0.2) is 19.1 Å². The van der Waals surface area contributed by atoms with Crippen LogP contribution < -0.4 is 4.90 Å². The van der Waals surface area contributed by atoms with Crippen LogP contribution in [0.3, 0.4) is 0 Å². The minimum Gasteiger partial charge on any atom is -0.360 e. The third-order valence-electron chi connectivity index (χ3n) is 1.32. The topological polar surface area (TPSA) is 16.1 Å². The van der Waals surface area contributed by atoms with Gasteiger partial charge in [-0.05, 0) is 38.5 Å². The lowest BCUT2D eigenvalue weighted by Gasteiger charge is -2.12. The molecule has 0 amide bonds. The normalized spacial score (nSPS) is 10.1. The number of hydrogen-bond donors (Lipinski definition) is 0. The number of pyridine rings is 1. The van der Waals surface area contributed by atoms with E-state index in [1.807, 2.05) is 22.6 Å². The Morgan fingerprint density at radius 2 is 2.17 bits per heavy atom. The lowest BCUT2D eigenvalue weighted by molar-refractivity contribution is 0.610. The van der Waals surface area contributed by atoms with Crippen molar-refractivity contribution >= 4 is 44.3 Å². The summed E-state index contributed by atoms with van der Waals surface area (Å²) in [6.07, 6.45) is 1.60. The Bertz CT molecular complexity index is 304. The molecule has 0 fully saturated rings. The van der Waals surface area contributed by atoms with Gasteiger partial charge in [-0.15, -0.1) is 0 Å². The fourth-order valence-corrected chi connectivity index (χ4v) is 1.40. The molecule has 0 radical (unpaired) electrons. The van der Waals surface area contributed by atoms with Crippen molar-refractivity contribution in [2.75, 3.05) is 19.0 Å². The molecule has 0 spiro atoms. The fourth-order valence-electron chi connectivity index (χ4n) is 0.746. The summed E-state index contributed by atoms with van der Waals surface area (Å²) in [4.78, 5) is 5.58. The van der Waals surface area contributed by atoms with E-state index >= 15 is 0 Å². The summed E-state index contributed by atoms with van der Waals surface area (Å²) in [5.41, 5.74) is 0. The monoisotopic (exact) mass is 344 g/mol. The van der Waals surface area contributed by atoms with E-state index in [4.69, 9.17) is 0 Å². The van der Waals surface area contributed by atoms with Crippen LogP contribution in [0, 0.1) is 9.39 Å². The molecule has 0 bridgehead atoms. The van der Waals surface area contributed by atoms with Crippen molar-refractivity contribution < 1.29 is 4.39 Å². The third-order valence-corrected chi connectivity index (χ3v) is 3.72. The van der Waals surface area contributed by atoms with E-state index < -0.39 is 0 Å². The van der Waals surface area contributed by atoms with Gasteiger partial charge >= 0.3 is 0 Å². The first kappa shape index (κ1) is 10.2. The van der Waals surface area contributed by atoms with Crippen molar-refractivity contribution in [2.24, 2.45) is 0 Å². The predicted octanol–water partition coefficient (Wildman–Crippen LogP) is 2.65. The Labute approximate surface area is 92.4 Å². The quantitative estimate of drug-likeness (QED) is 0.728. The number of hydrogen-bond acceptors (Lipinski definition) is 2. The van der Waals surface area contributed by atoms with Crippen LogP contribution in [0.1, 0.15) is 0 Å². The molecule has 1 aromatic rings. The molecule has 1 heterocycles. The second-order valence-corrected chi connectivity index (χ2v) is 4.39. The molecule has 0 aromatic carbocycles. The number of nitrogens with zero attached hydrogens (tertiary/aromatic N) is 2. The van der Waals surface area contributed by atoms with Crippen LogP contribution in [0.25, 0.3) is 0 Å². The van der Waals surface area contributed by atoms with Gasteiger partial charge in [0, 0.05) is 20.3 Å². The van der Waals surface area contributed by atoms with Crippen molar-refractivity contribution in [3.8, 4) is 0 Å². The van der Waals surface area contributed by atoms with Crippen LogP contribution in [0.15, 0.2) is 10.7 Å². The summed E-state index contributed by atoms with van der Waals surface area (Å²) in [6, 6.07) is 0. The SMILES string of the molecule is CN(C)c1ncc(Br)c(I)c1F. The highest BCUT2D eigenvalue weighted by Gasteiger charge is 2.11. The number of rotatable bonds is 1. The van der Waals surface area contributed by atoms with Crippen molar-refractivity contribution in [1.29, 1.82) is 0 Å². The van der Waals surface area contributed by atoms with Gasteiger partial charge in [-0.25, -0.2) is 9.37 Å². The summed E-state index contributed by atoms with van der Waals surface area (Å²) in [5.74, 6) is 0.0811. The zero-order chi connectivity index (χ0) is 9.30. The first-order chi connectivity index (χ1) is 5.54. The number of anilines is 1. The molecule has 0 aliphatic heterocycles. The first-order valence-electron chi connectivity index (χ1n) is 3.21. The maximum Gasteiger partial charge on any atom is 0.180 e. The van der Waals surface area contributed by atoms with Gasteiger partial charge in [0.15, 0.2) is 11.6 Å². The molecule has 0 saturated carbocycles. The van der Waals surface area contributed by atoms with E-state index in [2.05, 4.69) is 20.9 Å². The van der Waals surface area contributed by atoms with Gasteiger partial charge < -0.3 is 4.90 Å². The van der Waals surface area contributed by atoms with Crippen LogP contribution >= 0.6 is 38.5 Å². The largest absolute Gasteiger partial charge is 0.360 e. The summed E-state index contributed by atoms with van der Waals surface area (Å²) < 4.78 is 14.6. The van der Waals surface area contributed by atoms with E-state index in [0.29, 0.717) is 13.9 Å².